The molecule has 138 valence electrons. The van der Waals surface area contributed by atoms with Crippen LogP contribution in [0.15, 0.2) is 35.5 Å². The van der Waals surface area contributed by atoms with Crippen molar-refractivity contribution in [3.05, 3.63) is 41.1 Å². The summed E-state index contributed by atoms with van der Waals surface area (Å²) in [4.78, 5) is 12.3. The van der Waals surface area contributed by atoms with Crippen LogP contribution in [0.5, 0.6) is 5.75 Å². The number of hydrogen-bond acceptors (Lipinski definition) is 2. The van der Waals surface area contributed by atoms with E-state index in [1.165, 1.54) is 36.9 Å². The predicted octanol–water partition coefficient (Wildman–Crippen LogP) is 6.79. The Bertz CT molecular complexity index is 544. The number of hydrogen-bond donors (Lipinski definition) is 0. The summed E-state index contributed by atoms with van der Waals surface area (Å²) in [5, 5.41) is 0.545. The molecule has 0 aromatic heterocycles. The van der Waals surface area contributed by atoms with E-state index in [0.717, 1.165) is 22.4 Å². The third-order valence-corrected chi connectivity index (χ3v) is 5.70. The first-order valence-corrected chi connectivity index (χ1v) is 11.1. The molecular weight excluding hydrogens is 371 g/mol. The molecule has 0 unspecified atom stereocenters. The third-order valence-electron chi connectivity index (χ3n) is 4.07. The van der Waals surface area contributed by atoms with E-state index in [-0.39, 0.29) is 5.78 Å². The summed E-state index contributed by atoms with van der Waals surface area (Å²) >= 11 is 11.3. The Morgan fingerprint density at radius 2 is 1.76 bits per heavy atom. The van der Waals surface area contributed by atoms with Crippen molar-refractivity contribution in [3.8, 4) is 5.75 Å². The van der Waals surface area contributed by atoms with E-state index >= 15 is 0 Å². The van der Waals surface area contributed by atoms with Crippen molar-refractivity contribution in [2.75, 3.05) is 0 Å². The van der Waals surface area contributed by atoms with Crippen LogP contribution in [0.3, 0.4) is 0 Å². The number of carbonyl (C=O) groups is 1. The van der Waals surface area contributed by atoms with E-state index in [1.807, 2.05) is 6.07 Å². The Labute approximate surface area is 164 Å². The number of benzene rings is 1. The van der Waals surface area contributed by atoms with Crippen LogP contribution in [0, 0.1) is 0 Å². The minimum atomic E-state index is -0.967. The molecule has 0 aliphatic carbocycles. The molecule has 1 aromatic carbocycles. The average Bonchev–Trinajstić information content (AvgIpc) is 2.59. The summed E-state index contributed by atoms with van der Waals surface area (Å²) in [7, 11) is 0.981. The zero-order valence-electron chi connectivity index (χ0n) is 15.2. The first-order valence-electron chi connectivity index (χ1n) is 8.98. The first-order chi connectivity index (χ1) is 12.0. The maximum Gasteiger partial charge on any atom is 0.247 e. The molecule has 0 N–H and O–H groups in total. The summed E-state index contributed by atoms with van der Waals surface area (Å²) in [6.07, 6.45) is 9.82. The van der Waals surface area contributed by atoms with Crippen LogP contribution in [0.2, 0.25) is 6.04 Å². The molecule has 0 atom stereocenters. The van der Waals surface area contributed by atoms with Gasteiger partial charge in [0, 0.05) is 6.42 Å². The highest BCUT2D eigenvalue weighted by molar-refractivity contribution is 6.44. The molecule has 25 heavy (non-hydrogen) atoms. The van der Waals surface area contributed by atoms with Gasteiger partial charge in [-0.05, 0) is 32.4 Å². The van der Waals surface area contributed by atoms with Crippen molar-refractivity contribution < 1.29 is 9.53 Å². The van der Waals surface area contributed by atoms with Gasteiger partial charge in [0.2, 0.25) is 5.02 Å². The second-order valence-electron chi connectivity index (χ2n) is 6.07. The minimum Gasteiger partial charge on any atom is -0.460 e. The molecule has 1 aromatic rings. The number of halogens is 2. The number of alkyl halides is 2. The lowest BCUT2D eigenvalue weighted by Gasteiger charge is -2.11. The topological polar surface area (TPSA) is 26.3 Å². The zero-order valence-corrected chi connectivity index (χ0v) is 17.7. The van der Waals surface area contributed by atoms with E-state index in [4.69, 9.17) is 27.9 Å². The highest BCUT2D eigenvalue weighted by atomic mass is 35.5. The van der Waals surface area contributed by atoms with E-state index < -0.39 is 5.02 Å². The molecule has 0 spiro atoms. The van der Waals surface area contributed by atoms with Crippen molar-refractivity contribution in [3.63, 3.8) is 0 Å². The second-order valence-corrected chi connectivity index (χ2v) is 8.73. The number of ether oxygens (including phenoxy) is 1. The standard InChI is InChI=1S/C20H28Cl2O2Si/c1-3-16(2)25-15-11-7-5-4-6-8-13-18(23)17-12-9-10-14-19(17)24-20(21)22/h3,9-10,12,14,20H,4-8,11,13,15H2,1-2H3. The molecule has 2 radical (unpaired) electrons. The molecule has 0 saturated carbocycles. The molecule has 0 heterocycles. The van der Waals surface area contributed by atoms with Gasteiger partial charge in [-0.2, -0.15) is 0 Å². The van der Waals surface area contributed by atoms with Crippen LogP contribution in [0.4, 0.5) is 0 Å². The maximum absolute atomic E-state index is 12.3. The van der Waals surface area contributed by atoms with Crippen molar-refractivity contribution >= 4 is 38.5 Å². The Morgan fingerprint density at radius 1 is 1.12 bits per heavy atom. The molecule has 0 fully saturated rings. The summed E-state index contributed by atoms with van der Waals surface area (Å²) in [5.41, 5.74) is 0.564. The number of unbranched alkanes of at least 4 members (excludes halogenated alkanes) is 5. The smallest absolute Gasteiger partial charge is 0.247 e. The van der Waals surface area contributed by atoms with Gasteiger partial charge in [-0.15, -0.1) is 0 Å². The molecule has 0 amide bonds. The van der Waals surface area contributed by atoms with Crippen LogP contribution in [-0.4, -0.2) is 20.3 Å². The van der Waals surface area contributed by atoms with Crippen LogP contribution >= 0.6 is 23.2 Å². The molecule has 1 rings (SSSR count). The highest BCUT2D eigenvalue weighted by Crippen LogP contribution is 2.23. The Kier molecular flexibility index (Phi) is 12.0. The van der Waals surface area contributed by atoms with E-state index in [9.17, 15) is 4.79 Å². The van der Waals surface area contributed by atoms with Crippen molar-refractivity contribution in [1.82, 2.24) is 0 Å². The number of ketones is 1. The maximum atomic E-state index is 12.3. The number of carbonyl (C=O) groups excluding carboxylic acids is 1. The van der Waals surface area contributed by atoms with E-state index in [0.29, 0.717) is 17.7 Å². The Balaban J connectivity index is 2.17. The predicted molar refractivity (Wildman–Crippen MR) is 109 cm³/mol. The van der Waals surface area contributed by atoms with Gasteiger partial charge in [-0.25, -0.2) is 0 Å². The molecular formula is C20H28Cl2O2Si. The van der Waals surface area contributed by atoms with Gasteiger partial charge in [-0.3, -0.25) is 4.79 Å². The molecule has 2 nitrogen and oxygen atoms in total. The fraction of sp³-hybridized carbons (Fsp3) is 0.550. The summed E-state index contributed by atoms with van der Waals surface area (Å²) in [6, 6.07) is 8.43. The van der Waals surface area contributed by atoms with Crippen LogP contribution < -0.4 is 4.74 Å². The first kappa shape index (κ1) is 22.3. The fourth-order valence-electron chi connectivity index (χ4n) is 2.54. The van der Waals surface area contributed by atoms with E-state index in [2.05, 4.69) is 19.9 Å². The van der Waals surface area contributed by atoms with Gasteiger partial charge < -0.3 is 4.74 Å². The molecule has 0 saturated heterocycles. The molecule has 5 heteroatoms. The normalized spacial score (nSPS) is 11.8. The zero-order chi connectivity index (χ0) is 18.5. The number of para-hydroxylation sites is 1. The minimum absolute atomic E-state index is 0.0904. The van der Waals surface area contributed by atoms with Crippen LogP contribution in [0.25, 0.3) is 0 Å². The highest BCUT2D eigenvalue weighted by Gasteiger charge is 2.13. The fourth-order valence-corrected chi connectivity index (χ4v) is 3.75. The van der Waals surface area contributed by atoms with Gasteiger partial charge in [-0.1, -0.05) is 84.8 Å². The summed E-state index contributed by atoms with van der Waals surface area (Å²) in [5.74, 6) is 0.548. The SMILES string of the molecule is CC=C(C)[Si]CCCCCCCCC(=O)c1ccccc1OC(Cl)Cl. The van der Waals surface area contributed by atoms with Gasteiger partial charge >= 0.3 is 0 Å². The lowest BCUT2D eigenvalue weighted by atomic mass is 10.0. The lowest BCUT2D eigenvalue weighted by molar-refractivity contribution is 0.0975. The van der Waals surface area contributed by atoms with E-state index in [1.54, 1.807) is 18.2 Å². The molecule has 0 aliphatic rings. The van der Waals surface area contributed by atoms with Crippen molar-refractivity contribution in [2.45, 2.75) is 69.9 Å². The second kappa shape index (κ2) is 13.4. The average molecular weight is 399 g/mol. The third kappa shape index (κ3) is 10.1. The van der Waals surface area contributed by atoms with Gasteiger partial charge in [0.15, 0.2) is 5.78 Å². The molecule has 0 aliphatic heterocycles. The lowest BCUT2D eigenvalue weighted by Crippen LogP contribution is -2.06. The monoisotopic (exact) mass is 398 g/mol. The van der Waals surface area contributed by atoms with Gasteiger partial charge in [0.25, 0.3) is 0 Å². The Hall–Kier alpha value is -0.773. The van der Waals surface area contributed by atoms with Crippen molar-refractivity contribution in [2.24, 2.45) is 0 Å². The molecule has 0 bridgehead atoms. The number of rotatable bonds is 13. The summed E-state index contributed by atoms with van der Waals surface area (Å²) < 4.78 is 5.28. The van der Waals surface area contributed by atoms with Gasteiger partial charge in [0.05, 0.1) is 15.1 Å². The van der Waals surface area contributed by atoms with Gasteiger partial charge in [0.1, 0.15) is 5.75 Å². The number of allylic oxidation sites excluding steroid dienone is 2. The quantitative estimate of drug-likeness (QED) is 0.158. The van der Waals surface area contributed by atoms with Crippen LogP contribution in [0.1, 0.15) is 69.2 Å². The largest absolute Gasteiger partial charge is 0.460 e. The number of Topliss-reactive ketones (excluding diaryl/α,β-unsaturated/α-hetero) is 1. The Morgan fingerprint density at radius 3 is 2.44 bits per heavy atom. The van der Waals surface area contributed by atoms with Crippen molar-refractivity contribution in [1.29, 1.82) is 0 Å². The summed E-state index contributed by atoms with van der Waals surface area (Å²) in [6.45, 7) is 4.32. The van der Waals surface area contributed by atoms with Crippen LogP contribution in [-0.2, 0) is 0 Å².